The van der Waals surface area contributed by atoms with Crippen molar-refractivity contribution in [3.63, 3.8) is 0 Å². The summed E-state index contributed by atoms with van der Waals surface area (Å²) in [5.74, 6) is 0.397. The van der Waals surface area contributed by atoms with Crippen LogP contribution in [0.15, 0.2) is 188 Å². The maximum atomic E-state index is 2.42. The summed E-state index contributed by atoms with van der Waals surface area (Å²) >= 11 is 0. The minimum Gasteiger partial charge on any atom is -0.309 e. The quantitative estimate of drug-likeness (QED) is 0.158. The lowest BCUT2D eigenvalue weighted by molar-refractivity contribution is 0.729. The predicted octanol–water partition coefficient (Wildman–Crippen LogP) is 13.8. The van der Waals surface area contributed by atoms with Crippen LogP contribution in [-0.2, 0) is 6.42 Å². The van der Waals surface area contributed by atoms with E-state index in [1.807, 2.05) is 0 Å². The van der Waals surface area contributed by atoms with E-state index in [0.717, 1.165) is 12.8 Å². The molecule has 0 amide bonds. The molecule has 252 valence electrons. The summed E-state index contributed by atoms with van der Waals surface area (Å²) in [6, 6.07) is 69.6. The van der Waals surface area contributed by atoms with E-state index in [-0.39, 0.29) is 0 Å². The highest BCUT2D eigenvalue weighted by molar-refractivity contribution is 6.10. The van der Waals surface area contributed by atoms with Gasteiger partial charge in [0.15, 0.2) is 0 Å². The third kappa shape index (κ3) is 5.57. The molecule has 10 rings (SSSR count). The third-order valence-electron chi connectivity index (χ3n) is 11.4. The summed E-state index contributed by atoms with van der Waals surface area (Å²) < 4.78 is 2.41. The first-order chi connectivity index (χ1) is 26.2. The lowest BCUT2D eigenvalue weighted by atomic mass is 9.89. The van der Waals surface area contributed by atoms with Crippen molar-refractivity contribution in [1.29, 1.82) is 0 Å². The van der Waals surface area contributed by atoms with Gasteiger partial charge in [0.25, 0.3) is 0 Å². The van der Waals surface area contributed by atoms with Crippen LogP contribution in [0, 0.1) is 6.92 Å². The molecule has 0 bridgehead atoms. The van der Waals surface area contributed by atoms with Crippen LogP contribution >= 0.6 is 0 Å². The lowest BCUT2D eigenvalue weighted by Gasteiger charge is -2.15. The first-order valence-electron chi connectivity index (χ1n) is 18.8. The second-order valence-corrected chi connectivity index (χ2v) is 14.5. The molecule has 0 saturated carbocycles. The van der Waals surface area contributed by atoms with Crippen LogP contribution in [0.2, 0.25) is 0 Å². The van der Waals surface area contributed by atoms with Gasteiger partial charge in [0.2, 0.25) is 0 Å². The predicted molar refractivity (Wildman–Crippen MR) is 224 cm³/mol. The van der Waals surface area contributed by atoms with Crippen molar-refractivity contribution in [3.8, 4) is 50.2 Å². The monoisotopic (exact) mass is 677 g/mol. The Morgan fingerprint density at radius 2 is 0.981 bits per heavy atom. The van der Waals surface area contributed by atoms with E-state index < -0.39 is 0 Å². The molecule has 0 saturated heterocycles. The fourth-order valence-corrected chi connectivity index (χ4v) is 8.58. The maximum absolute atomic E-state index is 2.42. The van der Waals surface area contributed by atoms with Gasteiger partial charge < -0.3 is 4.57 Å². The molecule has 0 fully saturated rings. The standard InChI is InChI=1S/C52H39N/c1-35-15-20-39(21-16-35)42-27-32-52-50(34-42)48-13-7-8-14-51(48)53(52)43-28-24-40(25-29-43)41-26-31-47-46(44-11-5-6-12-45(44)49(47)33-41)30-19-36-17-22-38(23-18-36)37-9-3-2-4-10-37/h2-18,20-29,31-34,46H,19,30H2,1H3. The average molecular weight is 678 g/mol. The van der Waals surface area contributed by atoms with Crippen LogP contribution < -0.4 is 0 Å². The van der Waals surface area contributed by atoms with Crippen molar-refractivity contribution in [1.82, 2.24) is 4.57 Å². The van der Waals surface area contributed by atoms with Crippen LogP contribution in [0.1, 0.15) is 34.6 Å². The smallest absolute Gasteiger partial charge is 0.0541 e. The van der Waals surface area contributed by atoms with Crippen LogP contribution in [0.4, 0.5) is 0 Å². The van der Waals surface area contributed by atoms with E-state index in [9.17, 15) is 0 Å². The van der Waals surface area contributed by atoms with Crippen molar-refractivity contribution in [3.05, 3.63) is 210 Å². The summed E-state index contributed by atoms with van der Waals surface area (Å²) in [7, 11) is 0. The largest absolute Gasteiger partial charge is 0.309 e. The second-order valence-electron chi connectivity index (χ2n) is 14.5. The number of hydrogen-bond acceptors (Lipinski definition) is 0. The zero-order chi connectivity index (χ0) is 35.3. The van der Waals surface area contributed by atoms with Crippen molar-refractivity contribution in [2.75, 3.05) is 0 Å². The van der Waals surface area contributed by atoms with Gasteiger partial charge in [-0.05, 0) is 117 Å². The number of rotatable bonds is 7. The maximum Gasteiger partial charge on any atom is 0.0541 e. The van der Waals surface area contributed by atoms with Crippen molar-refractivity contribution < 1.29 is 0 Å². The highest BCUT2D eigenvalue weighted by Crippen LogP contribution is 2.48. The fourth-order valence-electron chi connectivity index (χ4n) is 8.58. The van der Waals surface area contributed by atoms with Crippen LogP contribution in [0.3, 0.4) is 0 Å². The van der Waals surface area contributed by atoms with Gasteiger partial charge >= 0.3 is 0 Å². The molecule has 1 atom stereocenters. The summed E-state index contributed by atoms with van der Waals surface area (Å²) in [5.41, 5.74) is 19.5. The van der Waals surface area contributed by atoms with Gasteiger partial charge in [-0.25, -0.2) is 0 Å². The molecule has 1 heterocycles. The van der Waals surface area contributed by atoms with Gasteiger partial charge in [-0.3, -0.25) is 0 Å². The molecule has 0 spiro atoms. The number of aromatic nitrogens is 1. The first kappa shape index (κ1) is 31.3. The number of aryl methyl sites for hydroxylation is 2. The Hall–Kier alpha value is -6.44. The molecule has 53 heavy (non-hydrogen) atoms. The van der Waals surface area contributed by atoms with E-state index in [0.29, 0.717) is 5.92 Å². The van der Waals surface area contributed by atoms with E-state index in [2.05, 4.69) is 200 Å². The molecule has 0 radical (unpaired) electrons. The van der Waals surface area contributed by atoms with Crippen LogP contribution in [0.5, 0.6) is 0 Å². The molecule has 0 aliphatic heterocycles. The van der Waals surface area contributed by atoms with Gasteiger partial charge in [0, 0.05) is 22.4 Å². The molecule has 8 aromatic carbocycles. The molecule has 0 N–H and O–H groups in total. The average Bonchev–Trinajstić information content (AvgIpc) is 3.72. The normalized spacial score (nSPS) is 13.3. The zero-order valence-corrected chi connectivity index (χ0v) is 29.8. The third-order valence-corrected chi connectivity index (χ3v) is 11.4. The minimum atomic E-state index is 0.397. The topological polar surface area (TPSA) is 4.93 Å². The van der Waals surface area contributed by atoms with Crippen LogP contribution in [0.25, 0.3) is 72.0 Å². The van der Waals surface area contributed by atoms with Gasteiger partial charge in [0.1, 0.15) is 0 Å². The summed E-state index contributed by atoms with van der Waals surface area (Å²) in [4.78, 5) is 0. The van der Waals surface area contributed by atoms with E-state index >= 15 is 0 Å². The van der Waals surface area contributed by atoms with Gasteiger partial charge in [-0.15, -0.1) is 0 Å². The highest BCUT2D eigenvalue weighted by Gasteiger charge is 2.28. The van der Waals surface area contributed by atoms with E-state index in [4.69, 9.17) is 0 Å². The second kappa shape index (κ2) is 13.0. The van der Waals surface area contributed by atoms with E-state index in [1.54, 1.807) is 0 Å². The summed E-state index contributed by atoms with van der Waals surface area (Å²) in [5, 5.41) is 2.55. The Morgan fingerprint density at radius 3 is 1.79 bits per heavy atom. The Kier molecular flexibility index (Phi) is 7.65. The molecule has 1 nitrogen and oxygen atoms in total. The Balaban J connectivity index is 0.946. The minimum absolute atomic E-state index is 0.397. The Bertz CT molecular complexity index is 2750. The van der Waals surface area contributed by atoms with Gasteiger partial charge in [0.05, 0.1) is 11.0 Å². The van der Waals surface area contributed by atoms with Crippen LogP contribution in [-0.4, -0.2) is 4.57 Å². The van der Waals surface area contributed by atoms with Crippen molar-refractivity contribution in [2.45, 2.75) is 25.7 Å². The molecule has 1 unspecified atom stereocenters. The Morgan fingerprint density at radius 1 is 0.415 bits per heavy atom. The van der Waals surface area contributed by atoms with Gasteiger partial charge in [-0.1, -0.05) is 157 Å². The Labute approximate surface area is 311 Å². The molecule has 1 aliphatic carbocycles. The number of fused-ring (bicyclic) bond motifs is 6. The molecule has 9 aromatic rings. The molecular formula is C52H39N. The SMILES string of the molecule is Cc1ccc(-c2ccc3c(c2)c2ccccc2n3-c2ccc(-c3ccc4c(c3)-c3ccccc3C4CCc3ccc(-c4ccccc4)cc3)cc2)cc1. The molecule has 1 aromatic heterocycles. The number of benzene rings is 8. The highest BCUT2D eigenvalue weighted by atomic mass is 15.0. The molecule has 1 heteroatoms. The first-order valence-corrected chi connectivity index (χ1v) is 18.8. The van der Waals surface area contributed by atoms with Crippen molar-refractivity contribution >= 4 is 21.8 Å². The van der Waals surface area contributed by atoms with Crippen molar-refractivity contribution in [2.24, 2.45) is 0 Å². The fraction of sp³-hybridized carbons (Fsp3) is 0.0769. The molecular weight excluding hydrogens is 639 g/mol. The summed E-state index contributed by atoms with van der Waals surface area (Å²) in [6.45, 7) is 2.14. The number of hydrogen-bond donors (Lipinski definition) is 0. The number of para-hydroxylation sites is 1. The van der Waals surface area contributed by atoms with Gasteiger partial charge in [-0.2, -0.15) is 0 Å². The molecule has 1 aliphatic rings. The summed E-state index contributed by atoms with van der Waals surface area (Å²) in [6.07, 6.45) is 2.14. The zero-order valence-electron chi connectivity index (χ0n) is 29.8. The van der Waals surface area contributed by atoms with E-state index in [1.165, 1.54) is 94.3 Å². The number of nitrogens with zero attached hydrogens (tertiary/aromatic N) is 1. The lowest BCUT2D eigenvalue weighted by Crippen LogP contribution is -1.99.